The summed E-state index contributed by atoms with van der Waals surface area (Å²) in [5.74, 6) is 0.147. The zero-order chi connectivity index (χ0) is 14.0. The average molecular weight is 280 g/mol. The number of rotatable bonds is 4. The fourth-order valence-corrected chi connectivity index (χ4v) is 2.38. The van der Waals surface area contributed by atoms with Gasteiger partial charge >= 0.3 is 0 Å². The van der Waals surface area contributed by atoms with Gasteiger partial charge in [-0.1, -0.05) is 11.6 Å². The molecule has 0 spiro atoms. The molecule has 2 rings (SSSR count). The molecule has 1 heterocycles. The zero-order valence-corrected chi connectivity index (χ0v) is 12.1. The first-order valence-electron chi connectivity index (χ1n) is 6.41. The van der Waals surface area contributed by atoms with Crippen LogP contribution >= 0.6 is 11.6 Å². The lowest BCUT2D eigenvalue weighted by atomic mass is 10.1. The Labute approximate surface area is 117 Å². The molecule has 1 amide bonds. The van der Waals surface area contributed by atoms with Crippen LogP contribution in [0.4, 0.5) is 0 Å². The SMILES string of the molecule is Cc1ccc2oc(C(=O)NC(C)CC(C)Cl)cc2c1. The molecule has 19 heavy (non-hydrogen) atoms. The molecule has 0 bridgehead atoms. The van der Waals surface area contributed by atoms with Crippen molar-refractivity contribution in [3.63, 3.8) is 0 Å². The van der Waals surface area contributed by atoms with Gasteiger partial charge in [0, 0.05) is 16.8 Å². The van der Waals surface area contributed by atoms with Gasteiger partial charge in [-0.05, 0) is 45.4 Å². The van der Waals surface area contributed by atoms with Crippen molar-refractivity contribution < 1.29 is 9.21 Å². The summed E-state index contributed by atoms with van der Waals surface area (Å²) in [6.07, 6.45) is 0.729. The van der Waals surface area contributed by atoms with Gasteiger partial charge in [0.1, 0.15) is 5.58 Å². The molecule has 0 radical (unpaired) electrons. The maximum atomic E-state index is 12.0. The Morgan fingerprint density at radius 2 is 2.11 bits per heavy atom. The normalized spacial score (nSPS) is 14.3. The molecule has 0 saturated carbocycles. The van der Waals surface area contributed by atoms with Gasteiger partial charge in [-0.2, -0.15) is 0 Å². The van der Waals surface area contributed by atoms with Crippen molar-refractivity contribution in [2.45, 2.75) is 38.6 Å². The number of hydrogen-bond donors (Lipinski definition) is 1. The summed E-state index contributed by atoms with van der Waals surface area (Å²) in [4.78, 5) is 12.0. The van der Waals surface area contributed by atoms with Crippen LogP contribution in [0.15, 0.2) is 28.7 Å². The number of nitrogens with one attached hydrogen (secondary N) is 1. The first kappa shape index (κ1) is 13.9. The molecular formula is C15H18ClNO2. The van der Waals surface area contributed by atoms with E-state index in [1.807, 2.05) is 39.0 Å². The Bertz CT molecular complexity index is 589. The van der Waals surface area contributed by atoms with Crippen LogP contribution < -0.4 is 5.32 Å². The third kappa shape index (κ3) is 3.51. The Hall–Kier alpha value is -1.48. The Morgan fingerprint density at radius 1 is 1.37 bits per heavy atom. The summed E-state index contributed by atoms with van der Waals surface area (Å²) in [5, 5.41) is 3.87. The third-order valence-electron chi connectivity index (χ3n) is 2.95. The minimum absolute atomic E-state index is 0.0231. The van der Waals surface area contributed by atoms with Gasteiger partial charge in [0.15, 0.2) is 5.76 Å². The number of carbonyl (C=O) groups excluding carboxylic acids is 1. The predicted molar refractivity (Wildman–Crippen MR) is 77.8 cm³/mol. The first-order valence-corrected chi connectivity index (χ1v) is 6.84. The van der Waals surface area contributed by atoms with Gasteiger partial charge in [0.2, 0.25) is 0 Å². The van der Waals surface area contributed by atoms with E-state index in [1.54, 1.807) is 6.07 Å². The van der Waals surface area contributed by atoms with Crippen LogP contribution in [0.2, 0.25) is 0 Å². The van der Waals surface area contributed by atoms with Crippen LogP contribution in [0.5, 0.6) is 0 Å². The smallest absolute Gasteiger partial charge is 0.287 e. The first-order chi connectivity index (χ1) is 8.95. The van der Waals surface area contributed by atoms with Crippen molar-refractivity contribution in [3.05, 3.63) is 35.6 Å². The van der Waals surface area contributed by atoms with E-state index in [0.29, 0.717) is 5.76 Å². The monoisotopic (exact) mass is 279 g/mol. The topological polar surface area (TPSA) is 42.2 Å². The van der Waals surface area contributed by atoms with Crippen molar-refractivity contribution >= 4 is 28.5 Å². The lowest BCUT2D eigenvalue weighted by Crippen LogP contribution is -2.33. The van der Waals surface area contributed by atoms with Crippen LogP contribution in [0.1, 0.15) is 36.4 Å². The standard InChI is InChI=1S/C15H18ClNO2/c1-9-4-5-13-12(6-9)8-14(19-13)15(18)17-11(3)7-10(2)16/h4-6,8,10-11H,7H2,1-3H3,(H,17,18). The van der Waals surface area contributed by atoms with Crippen LogP contribution in [-0.2, 0) is 0 Å². The maximum absolute atomic E-state index is 12.0. The van der Waals surface area contributed by atoms with E-state index in [0.717, 1.165) is 23.0 Å². The number of alkyl halides is 1. The van der Waals surface area contributed by atoms with Crippen molar-refractivity contribution in [1.82, 2.24) is 5.32 Å². The highest BCUT2D eigenvalue weighted by Gasteiger charge is 2.15. The Morgan fingerprint density at radius 3 is 2.79 bits per heavy atom. The van der Waals surface area contributed by atoms with Crippen LogP contribution in [0.3, 0.4) is 0 Å². The number of aryl methyl sites for hydroxylation is 1. The molecule has 2 atom stereocenters. The summed E-state index contributed by atoms with van der Waals surface area (Å²) in [6, 6.07) is 7.64. The average Bonchev–Trinajstić information content (AvgIpc) is 2.70. The number of hydrogen-bond acceptors (Lipinski definition) is 2. The lowest BCUT2D eigenvalue weighted by Gasteiger charge is -2.13. The Balaban J connectivity index is 2.13. The Kier molecular flexibility index (Phi) is 4.15. The summed E-state index contributed by atoms with van der Waals surface area (Å²) >= 11 is 5.91. The second-order valence-electron chi connectivity index (χ2n) is 5.04. The summed E-state index contributed by atoms with van der Waals surface area (Å²) in [6.45, 7) is 5.86. The van der Waals surface area contributed by atoms with Gasteiger partial charge in [-0.3, -0.25) is 4.79 Å². The number of fused-ring (bicyclic) bond motifs is 1. The van der Waals surface area contributed by atoms with Crippen LogP contribution in [0, 0.1) is 6.92 Å². The minimum atomic E-state index is -0.196. The van der Waals surface area contributed by atoms with Crippen LogP contribution in [-0.4, -0.2) is 17.3 Å². The van der Waals surface area contributed by atoms with Gasteiger partial charge < -0.3 is 9.73 Å². The fourth-order valence-electron chi connectivity index (χ4n) is 2.12. The van der Waals surface area contributed by atoms with Gasteiger partial charge in [0.25, 0.3) is 5.91 Å². The maximum Gasteiger partial charge on any atom is 0.287 e. The van der Waals surface area contributed by atoms with Gasteiger partial charge in [-0.15, -0.1) is 11.6 Å². The highest BCUT2D eigenvalue weighted by atomic mass is 35.5. The summed E-state index contributed by atoms with van der Waals surface area (Å²) < 4.78 is 5.55. The molecule has 102 valence electrons. The summed E-state index contributed by atoms with van der Waals surface area (Å²) in [7, 11) is 0. The molecule has 1 N–H and O–H groups in total. The molecule has 2 unspecified atom stereocenters. The molecule has 3 nitrogen and oxygen atoms in total. The van der Waals surface area contributed by atoms with Gasteiger partial charge in [0.05, 0.1) is 0 Å². The highest BCUT2D eigenvalue weighted by molar-refractivity contribution is 6.20. The van der Waals surface area contributed by atoms with E-state index >= 15 is 0 Å². The molecule has 1 aromatic heterocycles. The number of furan rings is 1. The van der Waals surface area contributed by atoms with E-state index in [1.165, 1.54) is 0 Å². The predicted octanol–water partition coefficient (Wildman–Crippen LogP) is 3.88. The van der Waals surface area contributed by atoms with E-state index in [4.69, 9.17) is 16.0 Å². The number of halogens is 1. The van der Waals surface area contributed by atoms with E-state index in [2.05, 4.69) is 5.32 Å². The van der Waals surface area contributed by atoms with E-state index in [9.17, 15) is 4.79 Å². The molecular weight excluding hydrogens is 262 g/mol. The second-order valence-corrected chi connectivity index (χ2v) is 5.79. The van der Waals surface area contributed by atoms with Crippen molar-refractivity contribution in [1.29, 1.82) is 0 Å². The van der Waals surface area contributed by atoms with E-state index < -0.39 is 0 Å². The minimum Gasteiger partial charge on any atom is -0.451 e. The molecule has 4 heteroatoms. The van der Waals surface area contributed by atoms with Gasteiger partial charge in [-0.25, -0.2) is 0 Å². The summed E-state index contributed by atoms with van der Waals surface area (Å²) in [5.41, 5.74) is 1.87. The lowest BCUT2D eigenvalue weighted by molar-refractivity contribution is 0.0912. The molecule has 0 aliphatic heterocycles. The highest BCUT2D eigenvalue weighted by Crippen LogP contribution is 2.20. The zero-order valence-electron chi connectivity index (χ0n) is 11.4. The number of amides is 1. The van der Waals surface area contributed by atoms with Crippen molar-refractivity contribution in [2.24, 2.45) is 0 Å². The second kappa shape index (κ2) is 5.66. The molecule has 0 fully saturated rings. The fraction of sp³-hybridized carbons (Fsp3) is 0.400. The van der Waals surface area contributed by atoms with E-state index in [-0.39, 0.29) is 17.3 Å². The van der Waals surface area contributed by atoms with Crippen LogP contribution in [0.25, 0.3) is 11.0 Å². The molecule has 0 aliphatic rings. The number of benzene rings is 1. The molecule has 1 aromatic carbocycles. The molecule has 0 aliphatic carbocycles. The quantitative estimate of drug-likeness (QED) is 0.863. The van der Waals surface area contributed by atoms with Crippen molar-refractivity contribution in [3.8, 4) is 0 Å². The largest absolute Gasteiger partial charge is 0.451 e. The number of carbonyl (C=O) groups is 1. The third-order valence-corrected chi connectivity index (χ3v) is 3.13. The molecule has 0 saturated heterocycles. The van der Waals surface area contributed by atoms with Crippen molar-refractivity contribution in [2.75, 3.05) is 0 Å². The molecule has 2 aromatic rings.